The van der Waals surface area contributed by atoms with E-state index in [1.54, 1.807) is 0 Å². The maximum Gasteiger partial charge on any atom is 0.201 e. The molecule has 0 aliphatic heterocycles. The van der Waals surface area contributed by atoms with Gasteiger partial charge in [-0.2, -0.15) is 0 Å². The Morgan fingerprint density at radius 1 is 1.15 bits per heavy atom. The quantitative estimate of drug-likeness (QED) is 0.761. The van der Waals surface area contributed by atoms with E-state index in [0.29, 0.717) is 5.95 Å². The Morgan fingerprint density at radius 3 is 2.55 bits per heavy atom. The summed E-state index contributed by atoms with van der Waals surface area (Å²) < 4.78 is 3.10. The lowest BCUT2D eigenvalue weighted by molar-refractivity contribution is 0.667. The second kappa shape index (κ2) is 4.94. The average Bonchev–Trinajstić information content (AvgIpc) is 2.74. The van der Waals surface area contributed by atoms with Crippen LogP contribution in [0.5, 0.6) is 0 Å². The van der Waals surface area contributed by atoms with Gasteiger partial charge in [0.25, 0.3) is 0 Å². The van der Waals surface area contributed by atoms with Crippen molar-refractivity contribution in [1.82, 2.24) is 9.55 Å². The molecule has 3 aromatic rings. The molecule has 1 unspecified atom stereocenters. The van der Waals surface area contributed by atoms with Crippen LogP contribution >= 0.6 is 15.9 Å². The van der Waals surface area contributed by atoms with E-state index >= 15 is 0 Å². The molecule has 1 atom stereocenters. The first-order chi connectivity index (χ1) is 9.56. The van der Waals surface area contributed by atoms with Crippen LogP contribution in [0.2, 0.25) is 0 Å². The number of nitrogen functional groups attached to an aromatic ring is 1. The van der Waals surface area contributed by atoms with Crippen molar-refractivity contribution >= 4 is 32.9 Å². The predicted octanol–water partition coefficient (Wildman–Crippen LogP) is 4.30. The number of hydrogen-bond acceptors (Lipinski definition) is 2. The molecule has 102 valence electrons. The second-order valence-corrected chi connectivity index (χ2v) is 5.98. The number of nitrogens with two attached hydrogens (primary N) is 1. The van der Waals surface area contributed by atoms with Crippen molar-refractivity contribution in [2.24, 2.45) is 0 Å². The van der Waals surface area contributed by atoms with Gasteiger partial charge in [-0.15, -0.1) is 0 Å². The van der Waals surface area contributed by atoms with Crippen LogP contribution in [0.1, 0.15) is 24.1 Å². The van der Waals surface area contributed by atoms with Gasteiger partial charge in [0.2, 0.25) is 5.95 Å². The summed E-state index contributed by atoms with van der Waals surface area (Å²) in [7, 11) is 0. The standard InChI is InChI=1S/C16H16BrN3/c1-10-3-5-12(6-4-10)11(2)20-15-9-13(17)7-8-14(15)19-16(20)18/h3-9,11H,1-2H3,(H2,18,19). The van der Waals surface area contributed by atoms with Gasteiger partial charge in [0.1, 0.15) is 0 Å². The largest absolute Gasteiger partial charge is 0.369 e. The number of hydrogen-bond donors (Lipinski definition) is 1. The van der Waals surface area contributed by atoms with E-state index in [1.165, 1.54) is 11.1 Å². The van der Waals surface area contributed by atoms with Crippen LogP contribution in [-0.4, -0.2) is 9.55 Å². The summed E-state index contributed by atoms with van der Waals surface area (Å²) in [6, 6.07) is 14.7. The Morgan fingerprint density at radius 2 is 1.85 bits per heavy atom. The summed E-state index contributed by atoms with van der Waals surface area (Å²) in [5, 5.41) is 0. The number of anilines is 1. The van der Waals surface area contributed by atoms with Gasteiger partial charge in [-0.3, -0.25) is 0 Å². The van der Waals surface area contributed by atoms with Gasteiger partial charge in [-0.1, -0.05) is 45.8 Å². The molecule has 0 spiro atoms. The number of rotatable bonds is 2. The van der Waals surface area contributed by atoms with Crippen molar-refractivity contribution < 1.29 is 0 Å². The maximum absolute atomic E-state index is 6.11. The topological polar surface area (TPSA) is 43.8 Å². The lowest BCUT2D eigenvalue weighted by Crippen LogP contribution is -2.10. The summed E-state index contributed by atoms with van der Waals surface area (Å²) in [5.41, 5.74) is 10.6. The number of aryl methyl sites for hydroxylation is 1. The first kappa shape index (κ1) is 13.2. The van der Waals surface area contributed by atoms with Gasteiger partial charge >= 0.3 is 0 Å². The van der Waals surface area contributed by atoms with Crippen molar-refractivity contribution in [1.29, 1.82) is 0 Å². The molecule has 20 heavy (non-hydrogen) atoms. The fourth-order valence-corrected chi connectivity index (χ4v) is 2.83. The van der Waals surface area contributed by atoms with Crippen LogP contribution in [-0.2, 0) is 0 Å². The Hall–Kier alpha value is -1.81. The highest BCUT2D eigenvalue weighted by Crippen LogP contribution is 2.29. The van der Waals surface area contributed by atoms with Gasteiger partial charge in [-0.25, -0.2) is 4.98 Å². The molecule has 0 fully saturated rings. The van der Waals surface area contributed by atoms with Gasteiger partial charge in [-0.05, 0) is 37.6 Å². The first-order valence-electron chi connectivity index (χ1n) is 6.56. The number of aromatic nitrogens is 2. The van der Waals surface area contributed by atoms with E-state index in [2.05, 4.69) is 69.7 Å². The monoisotopic (exact) mass is 329 g/mol. The Balaban J connectivity index is 2.15. The van der Waals surface area contributed by atoms with Crippen LogP contribution in [0.4, 0.5) is 5.95 Å². The molecular weight excluding hydrogens is 314 g/mol. The summed E-state index contributed by atoms with van der Waals surface area (Å²) in [6.07, 6.45) is 0. The van der Waals surface area contributed by atoms with Crippen LogP contribution in [0.3, 0.4) is 0 Å². The predicted molar refractivity (Wildman–Crippen MR) is 86.8 cm³/mol. The molecule has 0 bridgehead atoms. The molecule has 0 amide bonds. The van der Waals surface area contributed by atoms with Crippen molar-refractivity contribution in [3.05, 3.63) is 58.1 Å². The summed E-state index contributed by atoms with van der Waals surface area (Å²) in [6.45, 7) is 4.23. The van der Waals surface area contributed by atoms with Crippen LogP contribution in [0.15, 0.2) is 46.9 Å². The minimum absolute atomic E-state index is 0.148. The SMILES string of the molecule is Cc1ccc(C(C)n2c(N)nc3ccc(Br)cc32)cc1. The minimum Gasteiger partial charge on any atom is -0.369 e. The van der Waals surface area contributed by atoms with Crippen LogP contribution < -0.4 is 5.73 Å². The average molecular weight is 330 g/mol. The molecule has 0 aliphatic rings. The third kappa shape index (κ3) is 2.20. The lowest BCUT2D eigenvalue weighted by Gasteiger charge is -2.17. The van der Waals surface area contributed by atoms with E-state index in [0.717, 1.165) is 15.5 Å². The molecule has 1 aromatic heterocycles. The van der Waals surface area contributed by atoms with Crippen LogP contribution in [0.25, 0.3) is 11.0 Å². The Labute approximate surface area is 126 Å². The zero-order valence-corrected chi connectivity index (χ0v) is 13.1. The van der Waals surface area contributed by atoms with E-state index < -0.39 is 0 Å². The van der Waals surface area contributed by atoms with E-state index in [4.69, 9.17) is 5.73 Å². The summed E-state index contributed by atoms with van der Waals surface area (Å²) in [5.74, 6) is 0.547. The van der Waals surface area contributed by atoms with E-state index in [9.17, 15) is 0 Å². The van der Waals surface area contributed by atoms with Crippen molar-refractivity contribution in [2.75, 3.05) is 5.73 Å². The molecule has 0 aliphatic carbocycles. The number of benzene rings is 2. The molecule has 0 saturated heterocycles. The molecule has 0 radical (unpaired) electrons. The molecular formula is C16H16BrN3. The van der Waals surface area contributed by atoms with Gasteiger partial charge in [0.05, 0.1) is 17.1 Å². The molecule has 4 heteroatoms. The van der Waals surface area contributed by atoms with Gasteiger partial charge < -0.3 is 10.3 Å². The zero-order valence-electron chi connectivity index (χ0n) is 11.5. The van der Waals surface area contributed by atoms with Crippen LogP contribution in [0, 0.1) is 6.92 Å². The Kier molecular flexibility index (Phi) is 3.26. The molecule has 3 rings (SSSR count). The number of nitrogens with zero attached hydrogens (tertiary/aromatic N) is 2. The Bertz CT molecular complexity index is 759. The van der Waals surface area contributed by atoms with Crippen molar-refractivity contribution in [2.45, 2.75) is 19.9 Å². The summed E-state index contributed by atoms with van der Waals surface area (Å²) >= 11 is 3.51. The molecule has 3 nitrogen and oxygen atoms in total. The van der Waals surface area contributed by atoms with E-state index in [1.807, 2.05) is 12.1 Å². The highest BCUT2D eigenvalue weighted by molar-refractivity contribution is 9.10. The molecule has 2 aromatic carbocycles. The van der Waals surface area contributed by atoms with Crippen molar-refractivity contribution in [3.63, 3.8) is 0 Å². The van der Waals surface area contributed by atoms with E-state index in [-0.39, 0.29) is 6.04 Å². The lowest BCUT2D eigenvalue weighted by atomic mass is 10.1. The maximum atomic E-state index is 6.11. The first-order valence-corrected chi connectivity index (χ1v) is 7.35. The number of halogens is 1. The second-order valence-electron chi connectivity index (χ2n) is 5.06. The van der Waals surface area contributed by atoms with Gasteiger partial charge in [0, 0.05) is 4.47 Å². The van der Waals surface area contributed by atoms with Crippen molar-refractivity contribution in [3.8, 4) is 0 Å². The normalized spacial score (nSPS) is 12.8. The number of imidazole rings is 1. The van der Waals surface area contributed by atoms with Gasteiger partial charge in [0.15, 0.2) is 0 Å². The number of fused-ring (bicyclic) bond motifs is 1. The molecule has 1 heterocycles. The molecule has 0 saturated carbocycles. The smallest absolute Gasteiger partial charge is 0.201 e. The minimum atomic E-state index is 0.148. The fraction of sp³-hybridized carbons (Fsp3) is 0.188. The third-order valence-corrected chi connectivity index (χ3v) is 4.12. The highest BCUT2D eigenvalue weighted by Gasteiger charge is 2.15. The third-order valence-electron chi connectivity index (χ3n) is 3.63. The zero-order chi connectivity index (χ0) is 14.3. The summed E-state index contributed by atoms with van der Waals surface area (Å²) in [4.78, 5) is 4.44. The fourth-order valence-electron chi connectivity index (χ4n) is 2.49. The molecule has 2 N–H and O–H groups in total. The highest BCUT2D eigenvalue weighted by atomic mass is 79.9.